The first-order valence-electron chi connectivity index (χ1n) is 5.18. The van der Waals surface area contributed by atoms with E-state index in [1.165, 1.54) is 6.07 Å². The zero-order chi connectivity index (χ0) is 11.3. The van der Waals surface area contributed by atoms with Crippen LogP contribution in [0.2, 0.25) is 0 Å². The lowest BCUT2D eigenvalue weighted by Crippen LogP contribution is -1.95. The van der Waals surface area contributed by atoms with Crippen molar-refractivity contribution >= 4 is 17.4 Å². The molecule has 82 valence electrons. The van der Waals surface area contributed by atoms with Crippen LogP contribution in [0.25, 0.3) is 11.1 Å². The molecular formula is C12H10FNO2. The predicted molar refractivity (Wildman–Crippen MR) is 55.9 cm³/mol. The minimum atomic E-state index is -0.635. The largest absolute Gasteiger partial charge is 0.459 e. The minimum Gasteiger partial charge on any atom is -0.459 e. The van der Waals surface area contributed by atoms with Crippen LogP contribution >= 0.6 is 0 Å². The van der Waals surface area contributed by atoms with Crippen molar-refractivity contribution in [2.45, 2.75) is 25.2 Å². The first-order valence-corrected chi connectivity index (χ1v) is 5.18. The zero-order valence-electron chi connectivity index (χ0n) is 8.79. The Kier molecular flexibility index (Phi) is 1.73. The maximum atomic E-state index is 13.3. The number of fused-ring (bicyclic) bond motifs is 1. The first-order chi connectivity index (χ1) is 7.62. The van der Waals surface area contributed by atoms with Gasteiger partial charge in [-0.3, -0.25) is 4.79 Å². The number of carbonyl (C=O) groups excluding carboxylic acids is 1. The molecule has 0 saturated heterocycles. The summed E-state index contributed by atoms with van der Waals surface area (Å²) in [7, 11) is 0. The molecule has 2 aromatic rings. The summed E-state index contributed by atoms with van der Waals surface area (Å²) in [5.41, 5.74) is 0.872. The van der Waals surface area contributed by atoms with Crippen molar-refractivity contribution < 1.29 is 13.6 Å². The summed E-state index contributed by atoms with van der Waals surface area (Å²) in [4.78, 5) is 14.5. The molecule has 1 aliphatic carbocycles. The fourth-order valence-electron chi connectivity index (χ4n) is 1.77. The Hall–Kier alpha value is -1.71. The van der Waals surface area contributed by atoms with Gasteiger partial charge in [-0.2, -0.15) is 0 Å². The van der Waals surface area contributed by atoms with Crippen molar-refractivity contribution in [2.24, 2.45) is 0 Å². The van der Waals surface area contributed by atoms with Crippen LogP contribution < -0.4 is 0 Å². The average molecular weight is 219 g/mol. The predicted octanol–water partition coefficient (Wildman–Crippen LogP) is 2.83. The molecule has 3 nitrogen and oxygen atoms in total. The van der Waals surface area contributed by atoms with E-state index in [0.717, 1.165) is 18.6 Å². The third-order valence-corrected chi connectivity index (χ3v) is 3.19. The monoisotopic (exact) mass is 219 g/mol. The van der Waals surface area contributed by atoms with Gasteiger partial charge >= 0.3 is 0 Å². The highest BCUT2D eigenvalue weighted by atomic mass is 19.1. The standard InChI is InChI=1S/C12H10FNO2/c1-12(2-3-12)11-5-8-10(16-11)4-7(13)9(6-15)14-8/h4-6H,2-3H2,1H3. The number of nitrogens with zero attached hydrogens (tertiary/aromatic N) is 1. The van der Waals surface area contributed by atoms with Gasteiger partial charge in [0.25, 0.3) is 0 Å². The highest BCUT2D eigenvalue weighted by Gasteiger charge is 2.42. The lowest BCUT2D eigenvalue weighted by Gasteiger charge is -2.00. The van der Waals surface area contributed by atoms with E-state index >= 15 is 0 Å². The van der Waals surface area contributed by atoms with Gasteiger partial charge in [-0.05, 0) is 12.8 Å². The fraction of sp³-hybridized carbons (Fsp3) is 0.333. The SMILES string of the molecule is CC1(c2cc3nc(C=O)c(F)cc3o2)CC1. The summed E-state index contributed by atoms with van der Waals surface area (Å²) in [5.74, 6) is 0.196. The van der Waals surface area contributed by atoms with Gasteiger partial charge in [0, 0.05) is 17.5 Å². The molecule has 0 aliphatic heterocycles. The molecule has 0 unspecified atom stereocenters. The van der Waals surface area contributed by atoms with Crippen LogP contribution in [-0.4, -0.2) is 11.3 Å². The van der Waals surface area contributed by atoms with Crippen molar-refractivity contribution in [1.29, 1.82) is 0 Å². The molecule has 4 heteroatoms. The first kappa shape index (κ1) is 9.51. The third kappa shape index (κ3) is 1.26. The summed E-state index contributed by atoms with van der Waals surface area (Å²) in [6.45, 7) is 2.10. The Morgan fingerprint density at radius 1 is 1.50 bits per heavy atom. The normalized spacial score (nSPS) is 17.6. The van der Waals surface area contributed by atoms with Crippen molar-refractivity contribution in [3.05, 3.63) is 29.4 Å². The van der Waals surface area contributed by atoms with Gasteiger partial charge in [-0.1, -0.05) is 6.92 Å². The van der Waals surface area contributed by atoms with Gasteiger partial charge < -0.3 is 4.42 Å². The summed E-state index contributed by atoms with van der Waals surface area (Å²) >= 11 is 0. The molecule has 0 amide bonds. The van der Waals surface area contributed by atoms with Gasteiger partial charge in [0.1, 0.15) is 17.0 Å². The Bertz CT molecular complexity index is 584. The van der Waals surface area contributed by atoms with E-state index in [2.05, 4.69) is 11.9 Å². The van der Waals surface area contributed by atoms with E-state index in [9.17, 15) is 9.18 Å². The number of halogens is 1. The van der Waals surface area contributed by atoms with E-state index in [1.54, 1.807) is 6.07 Å². The van der Waals surface area contributed by atoms with Gasteiger partial charge in [-0.25, -0.2) is 9.37 Å². The fourth-order valence-corrected chi connectivity index (χ4v) is 1.77. The number of carbonyl (C=O) groups is 1. The van der Waals surface area contributed by atoms with Crippen LogP contribution in [-0.2, 0) is 5.41 Å². The molecule has 0 aromatic carbocycles. The lowest BCUT2D eigenvalue weighted by molar-refractivity contribution is 0.111. The maximum Gasteiger partial charge on any atom is 0.171 e. The van der Waals surface area contributed by atoms with Crippen LogP contribution in [0, 0.1) is 5.82 Å². The lowest BCUT2D eigenvalue weighted by atomic mass is 10.1. The molecule has 2 aromatic heterocycles. The van der Waals surface area contributed by atoms with E-state index < -0.39 is 5.82 Å². The molecule has 2 heterocycles. The Morgan fingerprint density at radius 2 is 2.25 bits per heavy atom. The van der Waals surface area contributed by atoms with E-state index in [1.807, 2.05) is 0 Å². The van der Waals surface area contributed by atoms with Crippen LogP contribution in [0.15, 0.2) is 16.5 Å². The number of hydrogen-bond donors (Lipinski definition) is 0. The molecule has 3 rings (SSSR count). The minimum absolute atomic E-state index is 0.0819. The Labute approximate surface area is 91.3 Å². The van der Waals surface area contributed by atoms with E-state index in [0.29, 0.717) is 17.4 Å². The van der Waals surface area contributed by atoms with Crippen molar-refractivity contribution in [3.8, 4) is 0 Å². The van der Waals surface area contributed by atoms with Gasteiger partial charge in [0.2, 0.25) is 0 Å². The molecule has 0 bridgehead atoms. The van der Waals surface area contributed by atoms with Crippen LogP contribution in [0.3, 0.4) is 0 Å². The molecule has 0 radical (unpaired) electrons. The van der Waals surface area contributed by atoms with Crippen LogP contribution in [0.1, 0.15) is 36.0 Å². The average Bonchev–Trinajstić information content (AvgIpc) is 2.88. The number of aldehydes is 1. The van der Waals surface area contributed by atoms with Crippen molar-refractivity contribution in [2.75, 3.05) is 0 Å². The quantitative estimate of drug-likeness (QED) is 0.729. The second-order valence-electron chi connectivity index (χ2n) is 4.53. The van der Waals surface area contributed by atoms with E-state index in [4.69, 9.17) is 4.42 Å². The number of rotatable bonds is 2. The smallest absolute Gasteiger partial charge is 0.171 e. The zero-order valence-corrected chi connectivity index (χ0v) is 8.79. The molecular weight excluding hydrogens is 209 g/mol. The second-order valence-corrected chi connectivity index (χ2v) is 4.53. The molecule has 1 fully saturated rings. The summed E-state index contributed by atoms with van der Waals surface area (Å²) < 4.78 is 18.8. The second kappa shape index (κ2) is 2.90. The topological polar surface area (TPSA) is 43.1 Å². The maximum absolute atomic E-state index is 13.3. The molecule has 0 spiro atoms. The van der Waals surface area contributed by atoms with Crippen molar-refractivity contribution in [3.63, 3.8) is 0 Å². The van der Waals surface area contributed by atoms with Gasteiger partial charge in [-0.15, -0.1) is 0 Å². The molecule has 0 atom stereocenters. The highest BCUT2D eigenvalue weighted by molar-refractivity contribution is 5.81. The summed E-state index contributed by atoms with van der Waals surface area (Å²) in [5, 5.41) is 0. The molecule has 16 heavy (non-hydrogen) atoms. The Morgan fingerprint density at radius 3 is 2.88 bits per heavy atom. The highest BCUT2D eigenvalue weighted by Crippen LogP contribution is 2.48. The number of hydrogen-bond acceptors (Lipinski definition) is 3. The summed E-state index contributed by atoms with van der Waals surface area (Å²) in [6, 6.07) is 3.02. The molecule has 1 saturated carbocycles. The summed E-state index contributed by atoms with van der Waals surface area (Å²) in [6.07, 6.45) is 2.58. The van der Waals surface area contributed by atoms with Crippen LogP contribution in [0.5, 0.6) is 0 Å². The van der Waals surface area contributed by atoms with Gasteiger partial charge in [0.15, 0.2) is 17.7 Å². The number of furan rings is 1. The molecule has 1 aliphatic rings. The van der Waals surface area contributed by atoms with Crippen LogP contribution in [0.4, 0.5) is 4.39 Å². The molecule has 0 N–H and O–H groups in total. The third-order valence-electron chi connectivity index (χ3n) is 3.19. The van der Waals surface area contributed by atoms with Crippen molar-refractivity contribution in [1.82, 2.24) is 4.98 Å². The van der Waals surface area contributed by atoms with Gasteiger partial charge in [0.05, 0.1) is 0 Å². The Balaban J connectivity index is 2.21. The number of aromatic nitrogens is 1. The van der Waals surface area contributed by atoms with E-state index in [-0.39, 0.29) is 11.1 Å². The number of pyridine rings is 1.